The van der Waals surface area contributed by atoms with Crippen LogP contribution in [0.2, 0.25) is 0 Å². The van der Waals surface area contributed by atoms with E-state index in [4.69, 9.17) is 5.11 Å². The van der Waals surface area contributed by atoms with Crippen molar-refractivity contribution in [2.45, 2.75) is 39.5 Å². The number of nitrogens with one attached hydrogen (secondary N) is 1. The normalized spacial score (nSPS) is 26.5. The van der Waals surface area contributed by atoms with Gasteiger partial charge in [0.1, 0.15) is 0 Å². The van der Waals surface area contributed by atoms with Crippen molar-refractivity contribution >= 4 is 5.91 Å². The van der Waals surface area contributed by atoms with Gasteiger partial charge in [-0.3, -0.25) is 4.79 Å². The lowest BCUT2D eigenvalue weighted by Crippen LogP contribution is -2.51. The Hall–Kier alpha value is -0.610. The first-order valence-electron chi connectivity index (χ1n) is 7.66. The van der Waals surface area contributed by atoms with E-state index in [1.54, 1.807) is 0 Å². The van der Waals surface area contributed by atoms with Crippen molar-refractivity contribution in [3.05, 3.63) is 0 Å². The molecule has 4 heteroatoms. The minimum absolute atomic E-state index is 0.262. The summed E-state index contributed by atoms with van der Waals surface area (Å²) in [6.45, 7) is 8.14. The molecule has 0 aromatic rings. The highest BCUT2D eigenvalue weighted by Crippen LogP contribution is 2.34. The van der Waals surface area contributed by atoms with Gasteiger partial charge in [0.05, 0.1) is 0 Å². The molecular weight excluding hydrogens is 240 g/mol. The Morgan fingerprint density at radius 1 is 1.32 bits per heavy atom. The first-order chi connectivity index (χ1) is 9.05. The molecule has 0 aromatic heterocycles. The van der Waals surface area contributed by atoms with Crippen LogP contribution < -0.4 is 5.32 Å². The molecule has 2 aliphatic heterocycles. The van der Waals surface area contributed by atoms with Gasteiger partial charge in [-0.05, 0) is 50.6 Å². The molecule has 0 aliphatic carbocycles. The molecule has 1 atom stereocenters. The third kappa shape index (κ3) is 3.29. The molecule has 0 saturated carbocycles. The average Bonchev–Trinajstić information content (AvgIpc) is 2.47. The van der Waals surface area contributed by atoms with Crippen LogP contribution in [0.5, 0.6) is 0 Å². The minimum atomic E-state index is -0.264. The van der Waals surface area contributed by atoms with Crippen LogP contribution in [-0.2, 0) is 4.79 Å². The molecular formula is C15H28N2O2. The van der Waals surface area contributed by atoms with Gasteiger partial charge in [-0.25, -0.2) is 0 Å². The van der Waals surface area contributed by atoms with Crippen LogP contribution in [0.1, 0.15) is 39.5 Å². The molecule has 110 valence electrons. The number of carbonyl (C=O) groups excluding carboxylic acids is 1. The first kappa shape index (κ1) is 14.8. The van der Waals surface area contributed by atoms with E-state index in [-0.39, 0.29) is 12.0 Å². The fourth-order valence-corrected chi connectivity index (χ4v) is 3.37. The van der Waals surface area contributed by atoms with Crippen LogP contribution in [0, 0.1) is 17.3 Å². The number of aliphatic hydroxyl groups is 1. The van der Waals surface area contributed by atoms with E-state index in [0.717, 1.165) is 45.4 Å². The number of hydrogen-bond donors (Lipinski definition) is 2. The molecule has 0 bridgehead atoms. The number of nitrogens with zero attached hydrogens (tertiary/aromatic N) is 1. The smallest absolute Gasteiger partial charge is 0.228 e. The molecule has 2 fully saturated rings. The van der Waals surface area contributed by atoms with Crippen molar-refractivity contribution in [1.82, 2.24) is 10.2 Å². The Morgan fingerprint density at radius 3 is 2.53 bits per heavy atom. The predicted molar refractivity (Wildman–Crippen MR) is 75.8 cm³/mol. The maximum Gasteiger partial charge on any atom is 0.228 e. The van der Waals surface area contributed by atoms with Gasteiger partial charge in [0.2, 0.25) is 5.91 Å². The van der Waals surface area contributed by atoms with Gasteiger partial charge in [-0.1, -0.05) is 13.8 Å². The lowest BCUT2D eigenvalue weighted by molar-refractivity contribution is -0.145. The van der Waals surface area contributed by atoms with Gasteiger partial charge < -0.3 is 15.3 Å². The van der Waals surface area contributed by atoms with Crippen LogP contribution in [-0.4, -0.2) is 48.7 Å². The maximum absolute atomic E-state index is 12.7. The minimum Gasteiger partial charge on any atom is -0.396 e. The molecule has 4 nitrogen and oxygen atoms in total. The Kier molecular flexibility index (Phi) is 4.85. The van der Waals surface area contributed by atoms with Crippen molar-refractivity contribution in [2.24, 2.45) is 17.3 Å². The summed E-state index contributed by atoms with van der Waals surface area (Å²) in [5.74, 6) is 1.14. The van der Waals surface area contributed by atoms with Gasteiger partial charge >= 0.3 is 0 Å². The second-order valence-electron chi connectivity index (χ2n) is 6.68. The summed E-state index contributed by atoms with van der Waals surface area (Å²) < 4.78 is 0. The van der Waals surface area contributed by atoms with Crippen molar-refractivity contribution in [3.63, 3.8) is 0 Å². The molecule has 1 amide bonds. The Labute approximate surface area is 116 Å². The monoisotopic (exact) mass is 268 g/mol. The fraction of sp³-hybridized carbons (Fsp3) is 0.933. The third-order valence-electron chi connectivity index (χ3n) is 5.03. The molecule has 2 rings (SSSR count). The molecule has 0 aromatic carbocycles. The number of aliphatic hydroxyl groups excluding tert-OH is 1. The quantitative estimate of drug-likeness (QED) is 0.810. The second kappa shape index (κ2) is 6.23. The van der Waals surface area contributed by atoms with Crippen LogP contribution in [0.3, 0.4) is 0 Å². The third-order valence-corrected chi connectivity index (χ3v) is 5.03. The summed E-state index contributed by atoms with van der Waals surface area (Å²) in [6, 6.07) is 0. The van der Waals surface area contributed by atoms with Crippen molar-refractivity contribution < 1.29 is 9.90 Å². The number of hydrogen-bond acceptors (Lipinski definition) is 3. The van der Waals surface area contributed by atoms with Gasteiger partial charge in [0.25, 0.3) is 0 Å². The molecule has 0 radical (unpaired) electrons. The molecule has 2 N–H and O–H groups in total. The van der Waals surface area contributed by atoms with Crippen molar-refractivity contribution in [1.29, 1.82) is 0 Å². The Morgan fingerprint density at radius 2 is 2.00 bits per heavy atom. The SMILES string of the molecule is CC(C)(C(=O)N1CCC(CO)CC1)C1CCCNC1. The maximum atomic E-state index is 12.7. The lowest BCUT2D eigenvalue weighted by Gasteiger charge is -2.41. The predicted octanol–water partition coefficient (Wildman–Crippen LogP) is 1.24. The molecule has 2 saturated heterocycles. The average molecular weight is 268 g/mol. The zero-order valence-electron chi connectivity index (χ0n) is 12.3. The van der Waals surface area contributed by atoms with E-state index >= 15 is 0 Å². The largest absolute Gasteiger partial charge is 0.396 e. The van der Waals surface area contributed by atoms with E-state index < -0.39 is 0 Å². The molecule has 2 heterocycles. The second-order valence-corrected chi connectivity index (χ2v) is 6.68. The number of likely N-dealkylation sites (tertiary alicyclic amines) is 1. The van der Waals surface area contributed by atoms with Gasteiger partial charge in [0.15, 0.2) is 0 Å². The van der Waals surface area contributed by atoms with Crippen molar-refractivity contribution in [3.8, 4) is 0 Å². The number of rotatable bonds is 3. The summed E-state index contributed by atoms with van der Waals surface area (Å²) in [4.78, 5) is 14.8. The van der Waals surface area contributed by atoms with Crippen LogP contribution >= 0.6 is 0 Å². The highest BCUT2D eigenvalue weighted by atomic mass is 16.3. The zero-order valence-corrected chi connectivity index (χ0v) is 12.3. The van der Waals surface area contributed by atoms with E-state index in [1.807, 2.05) is 4.90 Å². The zero-order chi connectivity index (χ0) is 13.9. The highest BCUT2D eigenvalue weighted by molar-refractivity contribution is 5.82. The molecule has 0 spiro atoms. The standard InChI is InChI=1S/C15H28N2O2/c1-15(2,13-4-3-7-16-10-13)14(19)17-8-5-12(11-18)6-9-17/h12-13,16,18H,3-11H2,1-2H3. The van der Waals surface area contributed by atoms with Crippen LogP contribution in [0.25, 0.3) is 0 Å². The number of carbonyl (C=O) groups is 1. The lowest BCUT2D eigenvalue weighted by atomic mass is 9.73. The van der Waals surface area contributed by atoms with E-state index in [0.29, 0.717) is 17.7 Å². The molecule has 2 aliphatic rings. The Bertz CT molecular complexity index is 303. The topological polar surface area (TPSA) is 52.6 Å². The molecule has 1 unspecified atom stereocenters. The summed E-state index contributed by atoms with van der Waals surface area (Å²) >= 11 is 0. The van der Waals surface area contributed by atoms with E-state index in [9.17, 15) is 4.79 Å². The summed E-state index contributed by atoms with van der Waals surface area (Å²) in [6.07, 6.45) is 4.22. The summed E-state index contributed by atoms with van der Waals surface area (Å²) in [5.41, 5.74) is -0.264. The first-order valence-corrected chi connectivity index (χ1v) is 7.66. The summed E-state index contributed by atoms with van der Waals surface area (Å²) in [5, 5.41) is 12.6. The van der Waals surface area contributed by atoms with Gasteiger partial charge in [-0.2, -0.15) is 0 Å². The van der Waals surface area contributed by atoms with E-state index in [2.05, 4.69) is 19.2 Å². The van der Waals surface area contributed by atoms with E-state index in [1.165, 1.54) is 6.42 Å². The highest BCUT2D eigenvalue weighted by Gasteiger charge is 2.40. The van der Waals surface area contributed by atoms with Crippen LogP contribution in [0.15, 0.2) is 0 Å². The summed E-state index contributed by atoms with van der Waals surface area (Å²) in [7, 11) is 0. The van der Waals surface area contributed by atoms with Gasteiger partial charge in [-0.15, -0.1) is 0 Å². The van der Waals surface area contributed by atoms with Crippen molar-refractivity contribution in [2.75, 3.05) is 32.8 Å². The van der Waals surface area contributed by atoms with Gasteiger partial charge in [0, 0.05) is 25.1 Å². The molecule has 19 heavy (non-hydrogen) atoms. The fourth-order valence-electron chi connectivity index (χ4n) is 3.37. The van der Waals surface area contributed by atoms with Crippen LogP contribution in [0.4, 0.5) is 0 Å². The number of piperidine rings is 2. The number of amides is 1. The Balaban J connectivity index is 1.94.